The molecule has 0 bridgehead atoms. The summed E-state index contributed by atoms with van der Waals surface area (Å²) in [6.07, 6.45) is 8.33. The number of carbonyl (C=O) groups excluding carboxylic acids is 2. The standard InChI is InChI=1S/C17H35N3O3/c1-5-6-7-8-9-10-13-23-14-11-12-19-15(21)17(2,3)20-16(22)18-4/h5-14H2,1-4H3,(H,19,21)(H2,18,20,22). The van der Waals surface area contributed by atoms with Gasteiger partial charge >= 0.3 is 6.03 Å². The average molecular weight is 329 g/mol. The molecule has 0 aromatic rings. The van der Waals surface area contributed by atoms with Gasteiger partial charge in [-0.15, -0.1) is 0 Å². The van der Waals surface area contributed by atoms with Crippen LogP contribution in [0.5, 0.6) is 0 Å². The molecule has 0 fully saturated rings. The number of nitrogens with one attached hydrogen (secondary N) is 3. The molecule has 0 aromatic heterocycles. The molecular weight excluding hydrogens is 294 g/mol. The third-order valence-electron chi connectivity index (χ3n) is 3.61. The summed E-state index contributed by atoms with van der Waals surface area (Å²) in [5.74, 6) is -0.197. The Kier molecular flexibility index (Phi) is 12.4. The van der Waals surface area contributed by atoms with Crippen molar-refractivity contribution in [1.29, 1.82) is 0 Å². The topological polar surface area (TPSA) is 79.5 Å². The lowest BCUT2D eigenvalue weighted by Crippen LogP contribution is -2.56. The Morgan fingerprint density at radius 3 is 2.22 bits per heavy atom. The fourth-order valence-corrected chi connectivity index (χ4v) is 2.09. The molecule has 0 saturated carbocycles. The molecule has 0 aliphatic heterocycles. The first kappa shape index (κ1) is 21.7. The Hall–Kier alpha value is -1.30. The third kappa shape index (κ3) is 11.9. The summed E-state index contributed by atoms with van der Waals surface area (Å²) in [4.78, 5) is 23.3. The van der Waals surface area contributed by atoms with E-state index in [1.54, 1.807) is 13.8 Å². The Morgan fingerprint density at radius 2 is 1.57 bits per heavy atom. The molecule has 0 spiro atoms. The molecule has 0 radical (unpaired) electrons. The first-order valence-corrected chi connectivity index (χ1v) is 8.80. The third-order valence-corrected chi connectivity index (χ3v) is 3.61. The molecule has 0 heterocycles. The van der Waals surface area contributed by atoms with E-state index in [1.807, 2.05) is 0 Å². The average Bonchev–Trinajstić information content (AvgIpc) is 2.51. The van der Waals surface area contributed by atoms with Crippen molar-refractivity contribution in [2.24, 2.45) is 0 Å². The number of hydrogen-bond donors (Lipinski definition) is 3. The van der Waals surface area contributed by atoms with Gasteiger partial charge in [0.05, 0.1) is 0 Å². The molecule has 23 heavy (non-hydrogen) atoms. The molecule has 136 valence electrons. The van der Waals surface area contributed by atoms with E-state index >= 15 is 0 Å². The zero-order valence-electron chi connectivity index (χ0n) is 15.3. The minimum absolute atomic E-state index is 0.197. The van der Waals surface area contributed by atoms with Crippen LogP contribution in [-0.2, 0) is 9.53 Å². The first-order valence-electron chi connectivity index (χ1n) is 8.80. The largest absolute Gasteiger partial charge is 0.381 e. The lowest BCUT2D eigenvalue weighted by molar-refractivity contribution is -0.126. The maximum atomic E-state index is 12.0. The Labute approximate surface area is 141 Å². The van der Waals surface area contributed by atoms with Gasteiger partial charge in [0.1, 0.15) is 5.54 Å². The van der Waals surface area contributed by atoms with Crippen LogP contribution >= 0.6 is 0 Å². The van der Waals surface area contributed by atoms with Gasteiger partial charge in [-0.25, -0.2) is 4.79 Å². The van der Waals surface area contributed by atoms with Gasteiger partial charge in [0, 0.05) is 26.8 Å². The van der Waals surface area contributed by atoms with Crippen LogP contribution in [0.4, 0.5) is 4.79 Å². The number of carbonyl (C=O) groups is 2. The maximum Gasteiger partial charge on any atom is 0.315 e. The molecule has 3 amide bonds. The first-order chi connectivity index (χ1) is 10.9. The van der Waals surface area contributed by atoms with Crippen molar-refractivity contribution < 1.29 is 14.3 Å². The van der Waals surface area contributed by atoms with Gasteiger partial charge in [0.25, 0.3) is 0 Å². The molecular formula is C17H35N3O3. The van der Waals surface area contributed by atoms with Gasteiger partial charge in [0.2, 0.25) is 5.91 Å². The van der Waals surface area contributed by atoms with Crippen LogP contribution in [0.3, 0.4) is 0 Å². The minimum atomic E-state index is -0.931. The highest BCUT2D eigenvalue weighted by molar-refractivity contribution is 5.90. The molecule has 6 heteroatoms. The summed E-state index contributed by atoms with van der Waals surface area (Å²) in [7, 11) is 1.52. The lowest BCUT2D eigenvalue weighted by atomic mass is 10.1. The van der Waals surface area contributed by atoms with E-state index in [2.05, 4.69) is 22.9 Å². The quantitative estimate of drug-likeness (QED) is 0.454. The molecule has 0 unspecified atom stereocenters. The van der Waals surface area contributed by atoms with E-state index in [1.165, 1.54) is 39.2 Å². The van der Waals surface area contributed by atoms with Crippen molar-refractivity contribution in [3.63, 3.8) is 0 Å². The van der Waals surface area contributed by atoms with Crippen molar-refractivity contribution in [3.8, 4) is 0 Å². The van der Waals surface area contributed by atoms with Crippen molar-refractivity contribution in [2.45, 2.75) is 71.3 Å². The predicted octanol–water partition coefficient (Wildman–Crippen LogP) is 2.58. The second-order valence-corrected chi connectivity index (χ2v) is 6.32. The predicted molar refractivity (Wildman–Crippen MR) is 93.5 cm³/mol. The van der Waals surface area contributed by atoms with Crippen LogP contribution in [0.15, 0.2) is 0 Å². The lowest BCUT2D eigenvalue weighted by Gasteiger charge is -2.24. The zero-order chi connectivity index (χ0) is 17.6. The van der Waals surface area contributed by atoms with Crippen LogP contribution in [0.25, 0.3) is 0 Å². The van der Waals surface area contributed by atoms with Crippen LogP contribution in [0, 0.1) is 0 Å². The number of amides is 3. The zero-order valence-corrected chi connectivity index (χ0v) is 15.3. The van der Waals surface area contributed by atoms with Gasteiger partial charge in [0.15, 0.2) is 0 Å². The Balaban J connectivity index is 3.53. The minimum Gasteiger partial charge on any atom is -0.381 e. The number of urea groups is 1. The van der Waals surface area contributed by atoms with Crippen LogP contribution in [0.1, 0.15) is 65.7 Å². The van der Waals surface area contributed by atoms with Crippen molar-refractivity contribution >= 4 is 11.9 Å². The van der Waals surface area contributed by atoms with Gasteiger partial charge < -0.3 is 20.7 Å². The van der Waals surface area contributed by atoms with E-state index < -0.39 is 5.54 Å². The number of rotatable bonds is 13. The summed E-state index contributed by atoms with van der Waals surface area (Å²) in [5, 5.41) is 7.86. The van der Waals surface area contributed by atoms with Gasteiger partial charge in [-0.3, -0.25) is 4.79 Å². The van der Waals surface area contributed by atoms with Crippen LogP contribution in [0.2, 0.25) is 0 Å². The van der Waals surface area contributed by atoms with Gasteiger partial charge in [-0.2, -0.15) is 0 Å². The highest BCUT2D eigenvalue weighted by Crippen LogP contribution is 2.05. The molecule has 0 aliphatic rings. The monoisotopic (exact) mass is 329 g/mol. The Morgan fingerprint density at radius 1 is 0.957 bits per heavy atom. The number of unbranched alkanes of at least 4 members (excludes halogenated alkanes) is 5. The maximum absolute atomic E-state index is 12.0. The molecule has 0 aromatic carbocycles. The summed E-state index contributed by atoms with van der Waals surface area (Å²) in [6.45, 7) is 7.56. The molecule has 6 nitrogen and oxygen atoms in total. The van der Waals surface area contributed by atoms with E-state index in [9.17, 15) is 9.59 Å². The van der Waals surface area contributed by atoms with Crippen LogP contribution < -0.4 is 16.0 Å². The molecule has 0 saturated heterocycles. The highest BCUT2D eigenvalue weighted by Gasteiger charge is 2.28. The summed E-state index contributed by atoms with van der Waals surface area (Å²) in [6, 6.07) is -0.368. The smallest absolute Gasteiger partial charge is 0.315 e. The molecule has 0 atom stereocenters. The summed E-state index contributed by atoms with van der Waals surface area (Å²) >= 11 is 0. The van der Waals surface area contributed by atoms with E-state index in [4.69, 9.17) is 4.74 Å². The van der Waals surface area contributed by atoms with Gasteiger partial charge in [-0.1, -0.05) is 39.0 Å². The normalized spacial score (nSPS) is 11.1. The molecule has 3 N–H and O–H groups in total. The second kappa shape index (κ2) is 13.2. The fourth-order valence-electron chi connectivity index (χ4n) is 2.09. The second-order valence-electron chi connectivity index (χ2n) is 6.32. The van der Waals surface area contributed by atoms with E-state index in [0.29, 0.717) is 13.2 Å². The Bertz CT molecular complexity index is 333. The summed E-state index contributed by atoms with van der Waals surface area (Å²) < 4.78 is 5.56. The van der Waals surface area contributed by atoms with E-state index in [0.717, 1.165) is 19.4 Å². The van der Waals surface area contributed by atoms with Crippen molar-refractivity contribution in [3.05, 3.63) is 0 Å². The van der Waals surface area contributed by atoms with E-state index in [-0.39, 0.29) is 11.9 Å². The van der Waals surface area contributed by atoms with Crippen LogP contribution in [-0.4, -0.2) is 44.3 Å². The SMILES string of the molecule is CCCCCCCCOCCCNC(=O)C(C)(C)NC(=O)NC. The fraction of sp³-hybridized carbons (Fsp3) is 0.882. The highest BCUT2D eigenvalue weighted by atomic mass is 16.5. The molecule has 0 aliphatic carbocycles. The van der Waals surface area contributed by atoms with Gasteiger partial charge in [-0.05, 0) is 26.7 Å². The number of ether oxygens (including phenoxy) is 1. The van der Waals surface area contributed by atoms with Crippen molar-refractivity contribution in [1.82, 2.24) is 16.0 Å². The summed E-state index contributed by atoms with van der Waals surface area (Å²) in [5.41, 5.74) is -0.931. The van der Waals surface area contributed by atoms with Crippen molar-refractivity contribution in [2.75, 3.05) is 26.8 Å². The number of hydrogen-bond acceptors (Lipinski definition) is 3. The molecule has 0 rings (SSSR count).